The van der Waals surface area contributed by atoms with Gasteiger partial charge < -0.3 is 9.47 Å². The molecule has 1 aliphatic heterocycles. The standard InChI is InChI=1S/C35H26ClFN2O4S/c1-2-42-34(41)30-31(23-9-5-3-6-10-23)38-35-39(32(30)24-11-7-4-8-12-24)33(40)29(44-35)20-25-19-26(36)15-18-28(25)43-21-22-13-16-27(37)17-14-22/h3-20,32H,2,21H2,1H3/b29-20-/t32-/m0/s1. The normalized spacial score (nSPS) is 14.6. The molecule has 0 aliphatic carbocycles. The highest BCUT2D eigenvalue weighted by Crippen LogP contribution is 2.35. The van der Waals surface area contributed by atoms with Gasteiger partial charge in [0.25, 0.3) is 5.56 Å². The number of aromatic nitrogens is 1. The first kappa shape index (κ1) is 29.3. The zero-order chi connectivity index (χ0) is 30.6. The maximum atomic E-state index is 14.2. The number of thiazole rings is 1. The van der Waals surface area contributed by atoms with Crippen LogP contribution >= 0.6 is 22.9 Å². The van der Waals surface area contributed by atoms with Gasteiger partial charge in [0.05, 0.1) is 28.5 Å². The summed E-state index contributed by atoms with van der Waals surface area (Å²) >= 11 is 7.57. The Kier molecular flexibility index (Phi) is 8.54. The summed E-state index contributed by atoms with van der Waals surface area (Å²) in [6, 6.07) is 29.2. The van der Waals surface area contributed by atoms with E-state index in [-0.39, 0.29) is 30.2 Å². The van der Waals surface area contributed by atoms with Crippen LogP contribution < -0.4 is 19.6 Å². The lowest BCUT2D eigenvalue weighted by Crippen LogP contribution is -2.40. The Morgan fingerprint density at radius 3 is 2.41 bits per heavy atom. The molecule has 1 aromatic heterocycles. The fourth-order valence-corrected chi connectivity index (χ4v) is 6.21. The van der Waals surface area contributed by atoms with Crippen LogP contribution in [0.25, 0.3) is 11.8 Å². The monoisotopic (exact) mass is 624 g/mol. The summed E-state index contributed by atoms with van der Waals surface area (Å²) in [4.78, 5) is 33.1. The van der Waals surface area contributed by atoms with Crippen LogP contribution in [0.1, 0.15) is 35.2 Å². The van der Waals surface area contributed by atoms with E-state index in [0.29, 0.717) is 31.4 Å². The molecule has 0 saturated carbocycles. The summed E-state index contributed by atoms with van der Waals surface area (Å²) in [6.45, 7) is 2.11. The number of ether oxygens (including phenoxy) is 2. The van der Waals surface area contributed by atoms with E-state index in [1.54, 1.807) is 47.9 Å². The smallest absolute Gasteiger partial charge is 0.338 e. The van der Waals surface area contributed by atoms with Crippen molar-refractivity contribution in [3.05, 3.63) is 161 Å². The van der Waals surface area contributed by atoms with Gasteiger partial charge in [-0.15, -0.1) is 0 Å². The molecular weight excluding hydrogens is 599 g/mol. The average molecular weight is 625 g/mol. The molecule has 44 heavy (non-hydrogen) atoms. The van der Waals surface area contributed by atoms with E-state index in [9.17, 15) is 14.0 Å². The summed E-state index contributed by atoms with van der Waals surface area (Å²) in [6.07, 6.45) is 1.72. The predicted octanol–water partition coefficient (Wildman–Crippen LogP) is 6.31. The molecule has 0 saturated heterocycles. The zero-order valence-corrected chi connectivity index (χ0v) is 25.1. The second-order valence-electron chi connectivity index (χ2n) is 9.94. The van der Waals surface area contributed by atoms with E-state index in [1.807, 2.05) is 60.7 Å². The molecule has 5 aromatic rings. The second kappa shape index (κ2) is 12.8. The van der Waals surface area contributed by atoms with Crippen molar-refractivity contribution in [1.29, 1.82) is 0 Å². The topological polar surface area (TPSA) is 69.9 Å². The number of carbonyl (C=O) groups excluding carboxylic acids is 1. The van der Waals surface area contributed by atoms with Crippen molar-refractivity contribution in [2.24, 2.45) is 4.99 Å². The van der Waals surface area contributed by atoms with Gasteiger partial charge in [0.15, 0.2) is 4.80 Å². The van der Waals surface area contributed by atoms with E-state index in [4.69, 9.17) is 26.1 Å². The third-order valence-corrected chi connectivity index (χ3v) is 8.27. The average Bonchev–Trinajstić information content (AvgIpc) is 3.35. The molecular formula is C35H26ClFN2O4S. The van der Waals surface area contributed by atoms with Crippen molar-refractivity contribution in [2.75, 3.05) is 6.61 Å². The minimum atomic E-state index is -0.766. The molecule has 6 nitrogen and oxygen atoms in total. The van der Waals surface area contributed by atoms with Crippen molar-refractivity contribution in [2.45, 2.75) is 19.6 Å². The summed E-state index contributed by atoms with van der Waals surface area (Å²) in [7, 11) is 0. The largest absolute Gasteiger partial charge is 0.488 e. The first-order chi connectivity index (χ1) is 21.4. The van der Waals surface area contributed by atoms with Gasteiger partial charge in [-0.3, -0.25) is 9.36 Å². The summed E-state index contributed by atoms with van der Waals surface area (Å²) in [5.74, 6) is -0.363. The number of benzene rings is 4. The molecule has 0 fully saturated rings. The molecule has 0 unspecified atom stereocenters. The number of esters is 1. The Morgan fingerprint density at radius 1 is 1.00 bits per heavy atom. The maximum Gasteiger partial charge on any atom is 0.338 e. The van der Waals surface area contributed by atoms with E-state index in [2.05, 4.69) is 0 Å². The second-order valence-corrected chi connectivity index (χ2v) is 11.4. The summed E-state index contributed by atoms with van der Waals surface area (Å²) in [5.41, 5.74) is 3.29. The highest BCUT2D eigenvalue weighted by atomic mass is 35.5. The molecule has 0 spiro atoms. The Balaban J connectivity index is 1.52. The SMILES string of the molecule is CCOC(=O)C1=C(c2ccccc2)N=c2s/c(=C\c3cc(Cl)ccc3OCc3ccc(F)cc3)c(=O)n2[C@H]1c1ccccc1. The Bertz CT molecular complexity index is 2040. The molecule has 0 bridgehead atoms. The van der Waals surface area contributed by atoms with Crippen LogP contribution in [-0.4, -0.2) is 17.1 Å². The lowest BCUT2D eigenvalue weighted by atomic mass is 9.93. The van der Waals surface area contributed by atoms with Gasteiger partial charge in [0, 0.05) is 16.1 Å². The minimum Gasteiger partial charge on any atom is -0.488 e. The van der Waals surface area contributed by atoms with Crippen LogP contribution in [0.5, 0.6) is 5.75 Å². The van der Waals surface area contributed by atoms with Gasteiger partial charge in [0.2, 0.25) is 0 Å². The summed E-state index contributed by atoms with van der Waals surface area (Å²) in [5, 5.41) is 0.469. The van der Waals surface area contributed by atoms with Crippen molar-refractivity contribution < 1.29 is 18.7 Å². The molecule has 9 heteroatoms. The van der Waals surface area contributed by atoms with E-state index in [0.717, 1.165) is 16.7 Å². The van der Waals surface area contributed by atoms with Crippen molar-refractivity contribution in [3.8, 4) is 5.75 Å². The first-order valence-corrected chi connectivity index (χ1v) is 15.1. The minimum absolute atomic E-state index is 0.172. The van der Waals surface area contributed by atoms with Crippen LogP contribution in [0.2, 0.25) is 5.02 Å². The van der Waals surface area contributed by atoms with Crippen LogP contribution in [0.4, 0.5) is 4.39 Å². The van der Waals surface area contributed by atoms with Gasteiger partial charge in [0.1, 0.15) is 18.2 Å². The lowest BCUT2D eigenvalue weighted by Gasteiger charge is -2.25. The summed E-state index contributed by atoms with van der Waals surface area (Å²) < 4.78 is 26.9. The van der Waals surface area contributed by atoms with Crippen LogP contribution in [0.3, 0.4) is 0 Å². The molecule has 1 aliphatic rings. The molecule has 220 valence electrons. The van der Waals surface area contributed by atoms with Gasteiger partial charge in [-0.05, 0) is 54.5 Å². The molecule has 4 aromatic carbocycles. The number of nitrogens with zero attached hydrogens (tertiary/aromatic N) is 2. The van der Waals surface area contributed by atoms with Gasteiger partial charge in [-0.25, -0.2) is 14.2 Å². The van der Waals surface area contributed by atoms with E-state index < -0.39 is 12.0 Å². The number of hydrogen-bond donors (Lipinski definition) is 0. The third kappa shape index (κ3) is 6.00. The fraction of sp³-hybridized carbons (Fsp3) is 0.114. The Morgan fingerprint density at radius 2 is 1.70 bits per heavy atom. The maximum absolute atomic E-state index is 14.2. The van der Waals surface area contributed by atoms with Crippen LogP contribution in [0.15, 0.2) is 118 Å². The third-order valence-electron chi connectivity index (χ3n) is 7.06. The highest BCUT2D eigenvalue weighted by Gasteiger charge is 2.35. The quantitative estimate of drug-likeness (QED) is 0.190. The van der Waals surface area contributed by atoms with Crippen LogP contribution in [0, 0.1) is 5.82 Å². The van der Waals surface area contributed by atoms with Gasteiger partial charge in [-0.2, -0.15) is 0 Å². The van der Waals surface area contributed by atoms with E-state index in [1.165, 1.54) is 23.5 Å². The lowest BCUT2D eigenvalue weighted by molar-refractivity contribution is -0.138. The van der Waals surface area contributed by atoms with Crippen molar-refractivity contribution >= 4 is 40.7 Å². The van der Waals surface area contributed by atoms with E-state index >= 15 is 0 Å². The van der Waals surface area contributed by atoms with Crippen molar-refractivity contribution in [3.63, 3.8) is 0 Å². The molecule has 0 radical (unpaired) electrons. The fourth-order valence-electron chi connectivity index (χ4n) is 5.04. The Labute approximate surface area is 261 Å². The van der Waals surface area contributed by atoms with Gasteiger partial charge in [-0.1, -0.05) is 95.7 Å². The first-order valence-electron chi connectivity index (χ1n) is 13.9. The van der Waals surface area contributed by atoms with Crippen LogP contribution in [-0.2, 0) is 16.1 Å². The highest BCUT2D eigenvalue weighted by molar-refractivity contribution is 7.07. The number of halogens is 2. The number of fused-ring (bicyclic) bond motifs is 1. The molecule has 0 N–H and O–H groups in total. The number of rotatable bonds is 8. The van der Waals surface area contributed by atoms with Gasteiger partial charge >= 0.3 is 5.97 Å². The molecule has 1 atom stereocenters. The molecule has 6 rings (SSSR count). The van der Waals surface area contributed by atoms with Crippen molar-refractivity contribution in [1.82, 2.24) is 4.57 Å². The molecule has 0 amide bonds. The number of hydrogen-bond acceptors (Lipinski definition) is 6. The molecule has 2 heterocycles. The predicted molar refractivity (Wildman–Crippen MR) is 170 cm³/mol. The zero-order valence-electron chi connectivity index (χ0n) is 23.6. The number of carbonyl (C=O) groups is 1. The Hall–Kier alpha value is -4.79.